The monoisotopic (exact) mass is 398 g/mol. The van der Waals surface area contributed by atoms with Crippen LogP contribution in [0, 0.1) is 0 Å². The molecule has 0 aliphatic carbocycles. The summed E-state index contributed by atoms with van der Waals surface area (Å²) in [7, 11) is -3.58. The van der Waals surface area contributed by atoms with E-state index in [1.54, 1.807) is 32.0 Å². The lowest BCUT2D eigenvalue weighted by Gasteiger charge is -2.18. The highest BCUT2D eigenvalue weighted by molar-refractivity contribution is 7.89. The second-order valence-electron chi connectivity index (χ2n) is 5.25. The van der Waals surface area contributed by atoms with Gasteiger partial charge in [-0.25, -0.2) is 13.4 Å². The average Bonchev–Trinajstić information content (AvgIpc) is 2.64. The van der Waals surface area contributed by atoms with Gasteiger partial charge in [0.15, 0.2) is 0 Å². The molecule has 0 aliphatic rings. The normalized spacial score (nSPS) is 12.1. The molecule has 0 spiro atoms. The van der Waals surface area contributed by atoms with Gasteiger partial charge in [0.05, 0.1) is 6.21 Å². The Kier molecular flexibility index (Phi) is 7.19. The molecule has 0 radical (unpaired) electrons. The predicted octanol–water partition coefficient (Wildman–Crippen LogP) is 3.16. The van der Waals surface area contributed by atoms with E-state index in [1.807, 2.05) is 0 Å². The van der Waals surface area contributed by atoms with Gasteiger partial charge in [-0.3, -0.25) is 5.43 Å². The van der Waals surface area contributed by atoms with Gasteiger partial charge in [0, 0.05) is 24.8 Å². The maximum Gasteiger partial charge on any atom is 0.387 e. The third kappa shape index (κ3) is 5.44. The van der Waals surface area contributed by atoms with Crippen LogP contribution in [-0.4, -0.2) is 43.6 Å². The first-order valence-electron chi connectivity index (χ1n) is 8.17. The van der Waals surface area contributed by atoms with Gasteiger partial charge in [0.1, 0.15) is 16.5 Å². The average molecular weight is 398 g/mol. The van der Waals surface area contributed by atoms with Crippen LogP contribution in [-0.2, 0) is 10.0 Å². The number of anilines is 1. The zero-order valence-electron chi connectivity index (χ0n) is 14.8. The zero-order valence-corrected chi connectivity index (χ0v) is 15.7. The minimum atomic E-state index is -3.58. The standard InChI is InChI=1S/C17H20F2N4O3S/c1-3-23(4-2)27(24,25)14-9-10-16(20-12-14)22-21-11-13-7-5-6-8-15(13)26-17(18)19/h5-12,17H,3-4H2,1-2H3,(H,20,22). The summed E-state index contributed by atoms with van der Waals surface area (Å²) in [6.45, 7) is 1.31. The lowest BCUT2D eigenvalue weighted by atomic mass is 10.2. The van der Waals surface area contributed by atoms with Gasteiger partial charge in [-0.05, 0) is 24.3 Å². The molecule has 0 atom stereocenters. The van der Waals surface area contributed by atoms with Crippen molar-refractivity contribution in [3.8, 4) is 5.75 Å². The van der Waals surface area contributed by atoms with Crippen molar-refractivity contribution < 1.29 is 21.9 Å². The van der Waals surface area contributed by atoms with E-state index in [0.29, 0.717) is 24.5 Å². The number of hydrogen-bond acceptors (Lipinski definition) is 6. The highest BCUT2D eigenvalue weighted by Gasteiger charge is 2.21. The van der Waals surface area contributed by atoms with E-state index in [1.165, 1.54) is 34.9 Å². The van der Waals surface area contributed by atoms with Crippen LogP contribution in [0.2, 0.25) is 0 Å². The Balaban J connectivity index is 2.09. The van der Waals surface area contributed by atoms with Crippen LogP contribution < -0.4 is 10.2 Å². The molecule has 2 rings (SSSR count). The number of halogens is 2. The Bertz CT molecular complexity index is 870. The number of benzene rings is 1. The van der Waals surface area contributed by atoms with Gasteiger partial charge < -0.3 is 4.74 Å². The van der Waals surface area contributed by atoms with Crippen molar-refractivity contribution in [2.45, 2.75) is 25.4 Å². The van der Waals surface area contributed by atoms with E-state index in [9.17, 15) is 17.2 Å². The van der Waals surface area contributed by atoms with Crippen molar-refractivity contribution in [2.24, 2.45) is 5.10 Å². The van der Waals surface area contributed by atoms with Crippen molar-refractivity contribution in [1.82, 2.24) is 9.29 Å². The third-order valence-electron chi connectivity index (χ3n) is 3.60. The highest BCUT2D eigenvalue weighted by atomic mass is 32.2. The van der Waals surface area contributed by atoms with Crippen LogP contribution in [0.3, 0.4) is 0 Å². The Morgan fingerprint density at radius 2 is 1.93 bits per heavy atom. The van der Waals surface area contributed by atoms with Crippen LogP contribution in [0.1, 0.15) is 19.4 Å². The Morgan fingerprint density at radius 3 is 2.52 bits per heavy atom. The molecule has 2 aromatic rings. The van der Waals surface area contributed by atoms with Gasteiger partial charge in [0.25, 0.3) is 0 Å². The fourth-order valence-corrected chi connectivity index (χ4v) is 3.67. The first-order valence-corrected chi connectivity index (χ1v) is 9.61. The van der Waals surface area contributed by atoms with Crippen LogP contribution in [0.5, 0.6) is 5.75 Å². The van der Waals surface area contributed by atoms with Crippen molar-refractivity contribution in [1.29, 1.82) is 0 Å². The Hall–Kier alpha value is -2.59. The highest BCUT2D eigenvalue weighted by Crippen LogP contribution is 2.19. The number of para-hydroxylation sites is 1. The number of hydrogen-bond donors (Lipinski definition) is 1. The molecule has 1 heterocycles. The minimum Gasteiger partial charge on any atom is -0.434 e. The number of rotatable bonds is 9. The zero-order chi connectivity index (χ0) is 19.9. The molecule has 1 aromatic heterocycles. The first kappa shape index (κ1) is 20.7. The van der Waals surface area contributed by atoms with E-state index in [2.05, 4.69) is 20.2 Å². The van der Waals surface area contributed by atoms with Crippen molar-refractivity contribution >= 4 is 22.1 Å². The molecular weight excluding hydrogens is 378 g/mol. The first-order chi connectivity index (χ1) is 12.9. The Morgan fingerprint density at radius 1 is 1.22 bits per heavy atom. The molecule has 27 heavy (non-hydrogen) atoms. The molecule has 0 amide bonds. The van der Waals surface area contributed by atoms with Gasteiger partial charge >= 0.3 is 6.61 Å². The molecule has 7 nitrogen and oxygen atoms in total. The number of sulfonamides is 1. The van der Waals surface area contributed by atoms with E-state index < -0.39 is 16.6 Å². The molecule has 1 N–H and O–H groups in total. The maximum atomic E-state index is 12.4. The number of nitrogens with zero attached hydrogens (tertiary/aromatic N) is 3. The Labute approximate surface area is 156 Å². The largest absolute Gasteiger partial charge is 0.434 e. The molecule has 0 saturated carbocycles. The molecule has 0 aliphatic heterocycles. The predicted molar refractivity (Wildman–Crippen MR) is 98.6 cm³/mol. The number of nitrogens with one attached hydrogen (secondary N) is 1. The summed E-state index contributed by atoms with van der Waals surface area (Å²) in [6.07, 6.45) is 2.54. The summed E-state index contributed by atoms with van der Waals surface area (Å²) in [6, 6.07) is 9.08. The smallest absolute Gasteiger partial charge is 0.387 e. The lowest BCUT2D eigenvalue weighted by molar-refractivity contribution is -0.0499. The number of alkyl halides is 2. The quantitative estimate of drug-likeness (QED) is 0.518. The van der Waals surface area contributed by atoms with Gasteiger partial charge in [-0.1, -0.05) is 26.0 Å². The third-order valence-corrected chi connectivity index (χ3v) is 5.63. The molecule has 0 unspecified atom stereocenters. The van der Waals surface area contributed by atoms with Crippen LogP contribution in [0.15, 0.2) is 52.6 Å². The summed E-state index contributed by atoms with van der Waals surface area (Å²) in [5.74, 6) is 0.295. The van der Waals surface area contributed by atoms with Crippen LogP contribution in [0.4, 0.5) is 14.6 Å². The second kappa shape index (κ2) is 9.38. The number of pyridine rings is 1. The molecule has 0 saturated heterocycles. The minimum absolute atomic E-state index is 0.00771. The SMILES string of the molecule is CCN(CC)S(=O)(=O)c1ccc(NN=Cc2ccccc2OC(F)F)nc1. The fraction of sp³-hybridized carbons (Fsp3) is 0.294. The summed E-state index contributed by atoms with van der Waals surface area (Å²) >= 11 is 0. The van der Waals surface area contributed by atoms with Crippen molar-refractivity contribution in [2.75, 3.05) is 18.5 Å². The van der Waals surface area contributed by atoms with Gasteiger partial charge in [0.2, 0.25) is 10.0 Å². The molecular formula is C17H20F2N4O3S. The maximum absolute atomic E-state index is 12.4. The van der Waals surface area contributed by atoms with E-state index >= 15 is 0 Å². The van der Waals surface area contributed by atoms with Gasteiger partial charge in [-0.15, -0.1) is 0 Å². The molecule has 146 valence electrons. The summed E-state index contributed by atoms with van der Waals surface area (Å²) in [4.78, 5) is 4.10. The number of hydrazone groups is 1. The van der Waals surface area contributed by atoms with Gasteiger partial charge in [-0.2, -0.15) is 18.2 Å². The van der Waals surface area contributed by atoms with E-state index in [-0.39, 0.29) is 10.6 Å². The molecule has 1 aromatic carbocycles. The summed E-state index contributed by atoms with van der Waals surface area (Å²) in [5.41, 5.74) is 2.97. The molecule has 0 fully saturated rings. The van der Waals surface area contributed by atoms with Crippen LogP contribution >= 0.6 is 0 Å². The van der Waals surface area contributed by atoms with Crippen molar-refractivity contribution in [3.63, 3.8) is 0 Å². The lowest BCUT2D eigenvalue weighted by Crippen LogP contribution is -2.30. The molecule has 0 bridgehead atoms. The van der Waals surface area contributed by atoms with Crippen molar-refractivity contribution in [3.05, 3.63) is 48.2 Å². The summed E-state index contributed by atoms with van der Waals surface area (Å²) in [5, 5.41) is 3.92. The van der Waals surface area contributed by atoms with Crippen LogP contribution in [0.25, 0.3) is 0 Å². The second-order valence-corrected chi connectivity index (χ2v) is 7.19. The van der Waals surface area contributed by atoms with E-state index in [0.717, 1.165) is 0 Å². The fourth-order valence-electron chi connectivity index (χ4n) is 2.27. The van der Waals surface area contributed by atoms with E-state index in [4.69, 9.17) is 0 Å². The number of aromatic nitrogens is 1. The number of ether oxygens (including phenoxy) is 1. The summed E-state index contributed by atoms with van der Waals surface area (Å²) < 4.78 is 55.3. The topological polar surface area (TPSA) is 83.9 Å². The molecule has 10 heteroatoms.